The number of aliphatic hydroxyl groups is 4. The van der Waals surface area contributed by atoms with E-state index in [0.717, 1.165) is 0 Å². The Hall–Kier alpha value is -5.54. The van der Waals surface area contributed by atoms with Crippen LogP contribution in [0, 0.1) is 0 Å². The van der Waals surface area contributed by atoms with E-state index in [0.29, 0.717) is 22.3 Å². The molecule has 0 aliphatic carbocycles. The van der Waals surface area contributed by atoms with Gasteiger partial charge in [-0.05, 0) is 24.3 Å². The van der Waals surface area contributed by atoms with Crippen LogP contribution in [0.5, 0.6) is 34.5 Å². The highest BCUT2D eigenvalue weighted by molar-refractivity contribution is 5.96. The summed E-state index contributed by atoms with van der Waals surface area (Å²) in [5, 5.41) is 57.2. The minimum Gasteiger partial charge on any atom is -0.507 e. The monoisotopic (exact) mass is 664 g/mol. The number of ether oxygens (including phenoxy) is 4. The molecule has 0 amide bonds. The molecule has 14 nitrogen and oxygen atoms in total. The number of aromatic hydroxyl groups is 2. The SMILES string of the molecule is COc1cccc2c(=O)c3c(O)cc(OCC(O)CO)cc3oc12.COc1cccc2c(=O)c3c(O)cc(OCC(O)CO)cc3oc12. The Kier molecular flexibility index (Phi) is 10.2. The van der Waals surface area contributed by atoms with Gasteiger partial charge >= 0.3 is 0 Å². The van der Waals surface area contributed by atoms with Crippen LogP contribution in [-0.2, 0) is 0 Å². The molecule has 0 saturated heterocycles. The number of fused-ring (bicyclic) bond motifs is 4. The lowest BCUT2D eigenvalue weighted by atomic mass is 10.1. The van der Waals surface area contributed by atoms with Crippen LogP contribution in [0.1, 0.15) is 0 Å². The normalized spacial score (nSPS) is 12.5. The van der Waals surface area contributed by atoms with Crippen LogP contribution >= 0.6 is 0 Å². The highest BCUT2D eigenvalue weighted by Gasteiger charge is 2.18. The fourth-order valence-electron chi connectivity index (χ4n) is 4.84. The number of aliphatic hydroxyl groups excluding tert-OH is 4. The molecule has 0 spiro atoms. The molecule has 4 aromatic carbocycles. The van der Waals surface area contributed by atoms with Gasteiger partial charge in [-0.2, -0.15) is 0 Å². The molecule has 2 atom stereocenters. The molecule has 252 valence electrons. The number of methoxy groups -OCH3 is 2. The van der Waals surface area contributed by atoms with Gasteiger partial charge in [0, 0.05) is 24.3 Å². The average molecular weight is 665 g/mol. The quantitative estimate of drug-likeness (QED) is 0.116. The molecule has 48 heavy (non-hydrogen) atoms. The molecule has 0 saturated carbocycles. The minimum atomic E-state index is -1.05. The molecule has 2 heterocycles. The zero-order valence-electron chi connectivity index (χ0n) is 25.7. The number of phenolic OH excluding ortho intramolecular Hbond substituents is 2. The zero-order chi connectivity index (χ0) is 34.5. The molecular formula is C34H32O14. The Bertz CT molecular complexity index is 2050. The van der Waals surface area contributed by atoms with Gasteiger partial charge in [-0.15, -0.1) is 0 Å². The lowest BCUT2D eigenvalue weighted by Crippen LogP contribution is -2.21. The van der Waals surface area contributed by atoms with E-state index in [-0.39, 0.29) is 80.2 Å². The van der Waals surface area contributed by atoms with Crippen LogP contribution in [0.25, 0.3) is 43.9 Å². The fourth-order valence-corrected chi connectivity index (χ4v) is 4.84. The van der Waals surface area contributed by atoms with Crippen molar-refractivity contribution in [2.45, 2.75) is 12.2 Å². The predicted molar refractivity (Wildman–Crippen MR) is 174 cm³/mol. The lowest BCUT2D eigenvalue weighted by molar-refractivity contribution is 0.0535. The van der Waals surface area contributed by atoms with Gasteiger partial charge in [0.2, 0.25) is 10.9 Å². The third-order valence-electron chi connectivity index (χ3n) is 7.18. The maximum Gasteiger partial charge on any atom is 0.204 e. The molecule has 14 heteroatoms. The van der Waals surface area contributed by atoms with Crippen molar-refractivity contribution in [1.82, 2.24) is 0 Å². The molecule has 6 N–H and O–H groups in total. The Morgan fingerprint density at radius 2 is 1.04 bits per heavy atom. The van der Waals surface area contributed by atoms with E-state index in [4.69, 9.17) is 38.0 Å². The second kappa shape index (κ2) is 14.5. The van der Waals surface area contributed by atoms with Crippen LogP contribution in [0.2, 0.25) is 0 Å². The third-order valence-corrected chi connectivity index (χ3v) is 7.18. The van der Waals surface area contributed by atoms with E-state index < -0.39 is 25.4 Å². The largest absolute Gasteiger partial charge is 0.507 e. The number of para-hydroxylation sites is 2. The molecule has 0 aliphatic heterocycles. The lowest BCUT2D eigenvalue weighted by Gasteiger charge is -2.11. The number of hydrogen-bond acceptors (Lipinski definition) is 14. The first-order chi connectivity index (χ1) is 23.1. The molecule has 6 rings (SSSR count). The summed E-state index contributed by atoms with van der Waals surface area (Å²) in [4.78, 5) is 25.2. The van der Waals surface area contributed by atoms with Crippen molar-refractivity contribution in [3.8, 4) is 34.5 Å². The van der Waals surface area contributed by atoms with E-state index in [1.165, 1.54) is 38.5 Å². The summed E-state index contributed by atoms with van der Waals surface area (Å²) in [5.41, 5.74) is 0.0269. The molecule has 2 unspecified atom stereocenters. The Balaban J connectivity index is 0.000000188. The van der Waals surface area contributed by atoms with Gasteiger partial charge < -0.3 is 58.4 Å². The summed E-state index contributed by atoms with van der Waals surface area (Å²) in [6.45, 7) is -1.22. The maximum atomic E-state index is 12.6. The number of hydrogen-bond donors (Lipinski definition) is 6. The molecule has 6 aromatic rings. The predicted octanol–water partition coefficient (Wildman–Crippen LogP) is 2.78. The summed E-state index contributed by atoms with van der Waals surface area (Å²) in [5.74, 6) is 0.606. The van der Waals surface area contributed by atoms with E-state index in [1.54, 1.807) is 36.4 Å². The van der Waals surface area contributed by atoms with Gasteiger partial charge in [0.25, 0.3) is 0 Å². The van der Waals surface area contributed by atoms with E-state index in [2.05, 4.69) is 0 Å². The van der Waals surface area contributed by atoms with Crippen LogP contribution in [-0.4, -0.2) is 83.5 Å². The second-order valence-corrected chi connectivity index (χ2v) is 10.5. The molecule has 0 fully saturated rings. The summed E-state index contributed by atoms with van der Waals surface area (Å²) < 4.78 is 32.4. The van der Waals surface area contributed by atoms with Crippen molar-refractivity contribution in [1.29, 1.82) is 0 Å². The van der Waals surface area contributed by atoms with Crippen LogP contribution in [0.4, 0.5) is 0 Å². The van der Waals surface area contributed by atoms with E-state index in [1.807, 2.05) is 0 Å². The standard InChI is InChI=1S/2C17H16O7/c2*1-22-13-4-2-3-11-16(21)15-12(20)5-10(23-8-9(19)7-18)6-14(15)24-17(11)13/h2*2-6,9,18-20H,7-8H2,1H3. The maximum absolute atomic E-state index is 12.6. The van der Waals surface area contributed by atoms with Crippen LogP contribution in [0.15, 0.2) is 79.1 Å². The van der Waals surface area contributed by atoms with Gasteiger partial charge in [-0.1, -0.05) is 12.1 Å². The van der Waals surface area contributed by atoms with Crippen molar-refractivity contribution in [2.75, 3.05) is 40.6 Å². The van der Waals surface area contributed by atoms with Gasteiger partial charge in [0.1, 0.15) is 70.4 Å². The number of rotatable bonds is 10. The van der Waals surface area contributed by atoms with Gasteiger partial charge in [0.15, 0.2) is 22.7 Å². The summed E-state index contributed by atoms with van der Waals surface area (Å²) in [6, 6.07) is 15.2. The molecular weight excluding hydrogens is 632 g/mol. The van der Waals surface area contributed by atoms with Gasteiger partial charge in [-0.25, -0.2) is 0 Å². The Morgan fingerprint density at radius 3 is 1.40 bits per heavy atom. The van der Waals surface area contributed by atoms with Crippen LogP contribution < -0.4 is 29.8 Å². The smallest absolute Gasteiger partial charge is 0.204 e. The summed E-state index contributed by atoms with van der Waals surface area (Å²) in [7, 11) is 2.93. The molecule has 0 aliphatic rings. The average Bonchev–Trinajstić information content (AvgIpc) is 3.09. The highest BCUT2D eigenvalue weighted by Crippen LogP contribution is 2.34. The van der Waals surface area contributed by atoms with Crippen molar-refractivity contribution >= 4 is 43.9 Å². The summed E-state index contributed by atoms with van der Waals surface area (Å²) in [6.07, 6.45) is -2.10. The summed E-state index contributed by atoms with van der Waals surface area (Å²) >= 11 is 0. The third kappa shape index (κ3) is 6.77. The number of phenols is 2. The van der Waals surface area contributed by atoms with Crippen molar-refractivity contribution < 1.29 is 58.4 Å². The highest BCUT2D eigenvalue weighted by atomic mass is 16.5. The van der Waals surface area contributed by atoms with Crippen LogP contribution in [0.3, 0.4) is 0 Å². The Labute approximate surface area is 270 Å². The topological polar surface area (TPSA) is 219 Å². The van der Waals surface area contributed by atoms with Gasteiger partial charge in [-0.3, -0.25) is 9.59 Å². The first kappa shape index (κ1) is 33.8. The first-order valence-electron chi connectivity index (χ1n) is 14.5. The molecule has 0 radical (unpaired) electrons. The molecule has 0 bridgehead atoms. The number of benzene rings is 4. The zero-order valence-corrected chi connectivity index (χ0v) is 25.7. The van der Waals surface area contributed by atoms with Crippen molar-refractivity contribution in [3.05, 3.63) is 81.1 Å². The first-order valence-corrected chi connectivity index (χ1v) is 14.5. The molecule has 2 aromatic heterocycles. The van der Waals surface area contributed by atoms with Crippen molar-refractivity contribution in [2.24, 2.45) is 0 Å². The Morgan fingerprint density at radius 1 is 0.646 bits per heavy atom. The van der Waals surface area contributed by atoms with E-state index in [9.17, 15) is 30.0 Å². The van der Waals surface area contributed by atoms with Gasteiger partial charge in [0.05, 0.1) is 38.2 Å². The van der Waals surface area contributed by atoms with E-state index >= 15 is 0 Å². The second-order valence-electron chi connectivity index (χ2n) is 10.5. The minimum absolute atomic E-state index is 0.0332. The fraction of sp³-hybridized carbons (Fsp3) is 0.235. The van der Waals surface area contributed by atoms with Crippen molar-refractivity contribution in [3.63, 3.8) is 0 Å².